The van der Waals surface area contributed by atoms with Crippen molar-refractivity contribution >= 4 is 23.1 Å². The molecule has 0 spiro atoms. The van der Waals surface area contributed by atoms with Crippen LogP contribution < -0.4 is 5.32 Å². The highest BCUT2D eigenvalue weighted by Gasteiger charge is 2.17. The SMILES string of the molecule is CCc1ccc(NC(CC(=O)c2ccc(C)cc2)c2ccc(Cl)cc2)cc1. The molecule has 138 valence electrons. The summed E-state index contributed by atoms with van der Waals surface area (Å²) in [6.45, 7) is 4.16. The molecule has 1 atom stereocenters. The molecular formula is C24H24ClNO. The smallest absolute Gasteiger partial charge is 0.165 e. The van der Waals surface area contributed by atoms with Crippen LogP contribution in [0.15, 0.2) is 72.8 Å². The van der Waals surface area contributed by atoms with E-state index in [0.717, 1.165) is 28.8 Å². The lowest BCUT2D eigenvalue weighted by atomic mass is 9.97. The van der Waals surface area contributed by atoms with Gasteiger partial charge in [-0.1, -0.05) is 72.6 Å². The Morgan fingerprint density at radius 3 is 2.15 bits per heavy atom. The fourth-order valence-electron chi connectivity index (χ4n) is 3.03. The molecule has 0 saturated carbocycles. The van der Waals surface area contributed by atoms with Crippen LogP contribution in [0.5, 0.6) is 0 Å². The molecule has 0 fully saturated rings. The van der Waals surface area contributed by atoms with Crippen LogP contribution in [0.4, 0.5) is 5.69 Å². The van der Waals surface area contributed by atoms with E-state index in [4.69, 9.17) is 11.6 Å². The van der Waals surface area contributed by atoms with Gasteiger partial charge in [0, 0.05) is 22.7 Å². The largest absolute Gasteiger partial charge is 0.378 e. The quantitative estimate of drug-likeness (QED) is 0.468. The summed E-state index contributed by atoms with van der Waals surface area (Å²) in [6, 6.07) is 23.7. The Labute approximate surface area is 166 Å². The van der Waals surface area contributed by atoms with Crippen LogP contribution in [-0.2, 0) is 6.42 Å². The third kappa shape index (κ3) is 5.21. The molecule has 0 aliphatic carbocycles. The first kappa shape index (κ1) is 19.2. The number of nitrogens with one attached hydrogen (secondary N) is 1. The van der Waals surface area contributed by atoms with E-state index in [2.05, 4.69) is 36.5 Å². The zero-order valence-corrected chi connectivity index (χ0v) is 16.5. The Kier molecular flexibility index (Phi) is 6.31. The molecule has 0 saturated heterocycles. The molecule has 0 heterocycles. The van der Waals surface area contributed by atoms with Crippen LogP contribution in [0.1, 0.15) is 46.4 Å². The van der Waals surface area contributed by atoms with Gasteiger partial charge in [-0.05, 0) is 48.7 Å². The van der Waals surface area contributed by atoms with Gasteiger partial charge in [0.25, 0.3) is 0 Å². The number of anilines is 1. The van der Waals surface area contributed by atoms with Crippen LogP contribution in [0, 0.1) is 6.92 Å². The van der Waals surface area contributed by atoms with Gasteiger partial charge in [-0.15, -0.1) is 0 Å². The van der Waals surface area contributed by atoms with Crippen LogP contribution in [0.2, 0.25) is 5.02 Å². The molecular weight excluding hydrogens is 354 g/mol. The number of hydrogen-bond donors (Lipinski definition) is 1. The van der Waals surface area contributed by atoms with Crippen molar-refractivity contribution in [3.8, 4) is 0 Å². The van der Waals surface area contributed by atoms with Crippen molar-refractivity contribution < 1.29 is 4.79 Å². The highest BCUT2D eigenvalue weighted by atomic mass is 35.5. The predicted molar refractivity (Wildman–Crippen MR) is 114 cm³/mol. The molecule has 1 N–H and O–H groups in total. The van der Waals surface area contributed by atoms with Crippen LogP contribution in [0.3, 0.4) is 0 Å². The van der Waals surface area contributed by atoms with Gasteiger partial charge in [-0.2, -0.15) is 0 Å². The van der Waals surface area contributed by atoms with E-state index < -0.39 is 0 Å². The second-order valence-electron chi connectivity index (χ2n) is 6.79. The molecule has 0 amide bonds. The van der Waals surface area contributed by atoms with Crippen LogP contribution in [0.25, 0.3) is 0 Å². The van der Waals surface area contributed by atoms with Crippen molar-refractivity contribution in [2.75, 3.05) is 5.32 Å². The number of carbonyl (C=O) groups is 1. The lowest BCUT2D eigenvalue weighted by Crippen LogP contribution is -2.16. The van der Waals surface area contributed by atoms with Crippen molar-refractivity contribution in [2.45, 2.75) is 32.7 Å². The Balaban J connectivity index is 1.83. The van der Waals surface area contributed by atoms with Gasteiger partial charge in [-0.3, -0.25) is 4.79 Å². The van der Waals surface area contributed by atoms with Crippen molar-refractivity contribution in [3.63, 3.8) is 0 Å². The fraction of sp³-hybridized carbons (Fsp3) is 0.208. The Hall–Kier alpha value is -2.58. The number of carbonyl (C=O) groups excluding carboxylic acids is 1. The topological polar surface area (TPSA) is 29.1 Å². The molecule has 0 aliphatic heterocycles. The van der Waals surface area contributed by atoms with Gasteiger partial charge < -0.3 is 5.32 Å². The summed E-state index contributed by atoms with van der Waals surface area (Å²) in [5.74, 6) is 0.118. The molecule has 2 nitrogen and oxygen atoms in total. The zero-order chi connectivity index (χ0) is 19.2. The summed E-state index contributed by atoms with van der Waals surface area (Å²) >= 11 is 6.04. The van der Waals surface area contributed by atoms with E-state index in [9.17, 15) is 4.79 Å². The Bertz CT molecular complexity index is 883. The zero-order valence-electron chi connectivity index (χ0n) is 15.7. The number of halogens is 1. The number of Topliss-reactive ketones (excluding diaryl/α,β-unsaturated/α-hetero) is 1. The van der Waals surface area contributed by atoms with E-state index in [-0.39, 0.29) is 11.8 Å². The maximum Gasteiger partial charge on any atom is 0.165 e. The number of aryl methyl sites for hydroxylation is 2. The summed E-state index contributed by atoms with van der Waals surface area (Å²) in [6.07, 6.45) is 1.38. The van der Waals surface area contributed by atoms with Crippen molar-refractivity contribution in [3.05, 3.63) is 100 Å². The third-order valence-electron chi connectivity index (χ3n) is 4.74. The Morgan fingerprint density at radius 2 is 1.56 bits per heavy atom. The molecule has 0 aromatic heterocycles. The van der Waals surface area contributed by atoms with Gasteiger partial charge in [-0.25, -0.2) is 0 Å². The first-order chi connectivity index (χ1) is 13.0. The maximum atomic E-state index is 12.8. The van der Waals surface area contributed by atoms with Gasteiger partial charge in [0.1, 0.15) is 0 Å². The predicted octanol–water partition coefficient (Wildman–Crippen LogP) is 6.64. The van der Waals surface area contributed by atoms with Crippen LogP contribution in [-0.4, -0.2) is 5.78 Å². The number of benzene rings is 3. The summed E-state index contributed by atoms with van der Waals surface area (Å²) in [5.41, 5.74) is 5.22. The molecule has 3 heteroatoms. The summed E-state index contributed by atoms with van der Waals surface area (Å²) < 4.78 is 0. The highest BCUT2D eigenvalue weighted by molar-refractivity contribution is 6.30. The standard InChI is InChI=1S/C24H24ClNO/c1-3-18-6-14-22(15-7-18)26-23(19-10-12-21(25)13-11-19)16-24(27)20-8-4-17(2)5-9-20/h4-15,23,26H,3,16H2,1-2H3. The molecule has 0 bridgehead atoms. The Morgan fingerprint density at radius 1 is 0.926 bits per heavy atom. The third-order valence-corrected chi connectivity index (χ3v) is 4.99. The number of hydrogen-bond acceptors (Lipinski definition) is 2. The maximum absolute atomic E-state index is 12.8. The first-order valence-corrected chi connectivity index (χ1v) is 9.63. The van der Waals surface area contributed by atoms with Gasteiger partial charge in [0.15, 0.2) is 5.78 Å². The highest BCUT2D eigenvalue weighted by Crippen LogP contribution is 2.26. The molecule has 3 aromatic rings. The second kappa shape index (κ2) is 8.88. The minimum Gasteiger partial charge on any atom is -0.378 e. The minimum absolute atomic E-state index is 0.118. The summed E-state index contributed by atoms with van der Waals surface area (Å²) in [5, 5.41) is 4.20. The molecule has 27 heavy (non-hydrogen) atoms. The fourth-order valence-corrected chi connectivity index (χ4v) is 3.15. The molecule has 1 unspecified atom stereocenters. The first-order valence-electron chi connectivity index (χ1n) is 9.26. The van der Waals surface area contributed by atoms with E-state index in [1.54, 1.807) is 0 Å². The second-order valence-corrected chi connectivity index (χ2v) is 7.23. The van der Waals surface area contributed by atoms with E-state index in [1.807, 2.05) is 55.5 Å². The number of ketones is 1. The van der Waals surface area contributed by atoms with E-state index in [0.29, 0.717) is 11.4 Å². The summed E-state index contributed by atoms with van der Waals surface area (Å²) in [7, 11) is 0. The van der Waals surface area contributed by atoms with Crippen molar-refractivity contribution in [2.24, 2.45) is 0 Å². The molecule has 3 rings (SSSR count). The van der Waals surface area contributed by atoms with Gasteiger partial charge in [0.05, 0.1) is 6.04 Å². The van der Waals surface area contributed by atoms with Crippen LogP contribution >= 0.6 is 11.6 Å². The number of rotatable bonds is 7. The average molecular weight is 378 g/mol. The van der Waals surface area contributed by atoms with Gasteiger partial charge in [0.2, 0.25) is 0 Å². The monoisotopic (exact) mass is 377 g/mol. The lowest BCUT2D eigenvalue weighted by molar-refractivity contribution is 0.0976. The minimum atomic E-state index is -0.122. The normalized spacial score (nSPS) is 11.8. The average Bonchev–Trinajstić information content (AvgIpc) is 2.69. The molecule has 0 radical (unpaired) electrons. The molecule has 3 aromatic carbocycles. The summed E-state index contributed by atoms with van der Waals surface area (Å²) in [4.78, 5) is 12.8. The van der Waals surface area contributed by atoms with Crippen molar-refractivity contribution in [1.82, 2.24) is 0 Å². The van der Waals surface area contributed by atoms with Crippen molar-refractivity contribution in [1.29, 1.82) is 0 Å². The molecule has 0 aliphatic rings. The van der Waals surface area contributed by atoms with E-state index >= 15 is 0 Å². The van der Waals surface area contributed by atoms with Gasteiger partial charge >= 0.3 is 0 Å². The lowest BCUT2D eigenvalue weighted by Gasteiger charge is -2.20. The van der Waals surface area contributed by atoms with E-state index in [1.165, 1.54) is 5.56 Å².